The van der Waals surface area contributed by atoms with Crippen molar-refractivity contribution in [2.45, 2.75) is 0 Å². The fourth-order valence-electron chi connectivity index (χ4n) is 1.20. The Hall–Kier alpha value is -2.08. The van der Waals surface area contributed by atoms with E-state index in [0.717, 1.165) is 0 Å². The Labute approximate surface area is 95.3 Å². The van der Waals surface area contributed by atoms with E-state index in [1.807, 2.05) is 0 Å². The predicted molar refractivity (Wildman–Crippen MR) is 57.7 cm³/mol. The lowest BCUT2D eigenvalue weighted by Gasteiger charge is -2.02. The third kappa shape index (κ3) is 1.70. The first-order valence-corrected chi connectivity index (χ1v) is 4.66. The SMILES string of the molecule is Nc1c(C(=O)O)cnn1-c1ccc(Cl)cn1. The Balaban J connectivity index is 2.49. The van der Waals surface area contributed by atoms with Crippen LogP contribution in [-0.4, -0.2) is 25.8 Å². The summed E-state index contributed by atoms with van der Waals surface area (Å²) in [5.74, 6) is -0.686. The summed E-state index contributed by atoms with van der Waals surface area (Å²) in [4.78, 5) is 14.7. The number of rotatable bonds is 2. The van der Waals surface area contributed by atoms with Gasteiger partial charge in [0.1, 0.15) is 11.4 Å². The molecule has 6 nitrogen and oxygen atoms in total. The normalized spacial score (nSPS) is 10.3. The van der Waals surface area contributed by atoms with Crippen LogP contribution in [-0.2, 0) is 0 Å². The van der Waals surface area contributed by atoms with Crippen molar-refractivity contribution in [3.8, 4) is 5.82 Å². The largest absolute Gasteiger partial charge is 0.477 e. The van der Waals surface area contributed by atoms with Crippen molar-refractivity contribution in [2.75, 3.05) is 5.73 Å². The quantitative estimate of drug-likeness (QED) is 0.820. The van der Waals surface area contributed by atoms with E-state index in [1.54, 1.807) is 12.1 Å². The molecule has 0 saturated carbocycles. The molecule has 16 heavy (non-hydrogen) atoms. The van der Waals surface area contributed by atoms with Crippen LogP contribution in [0.5, 0.6) is 0 Å². The molecule has 0 unspecified atom stereocenters. The van der Waals surface area contributed by atoms with Crippen molar-refractivity contribution >= 4 is 23.4 Å². The number of anilines is 1. The van der Waals surface area contributed by atoms with Crippen LogP contribution >= 0.6 is 11.6 Å². The van der Waals surface area contributed by atoms with Gasteiger partial charge in [-0.05, 0) is 12.1 Å². The standard InChI is InChI=1S/C9H7ClN4O2/c10-5-1-2-7(12-3-5)14-8(11)6(4-13-14)9(15)16/h1-4H,11H2,(H,15,16). The molecule has 7 heteroatoms. The lowest BCUT2D eigenvalue weighted by molar-refractivity contribution is 0.0698. The fraction of sp³-hybridized carbons (Fsp3) is 0. The molecule has 0 amide bonds. The zero-order valence-corrected chi connectivity index (χ0v) is 8.72. The molecule has 0 spiro atoms. The maximum atomic E-state index is 10.7. The molecule has 0 aliphatic rings. The van der Waals surface area contributed by atoms with E-state index in [9.17, 15) is 4.79 Å². The molecular formula is C9H7ClN4O2. The summed E-state index contributed by atoms with van der Waals surface area (Å²) in [6.45, 7) is 0. The van der Waals surface area contributed by atoms with Crippen LogP contribution in [0.2, 0.25) is 5.02 Å². The molecule has 2 aromatic rings. The van der Waals surface area contributed by atoms with Crippen molar-refractivity contribution in [3.63, 3.8) is 0 Å². The fourth-order valence-corrected chi connectivity index (χ4v) is 1.31. The highest BCUT2D eigenvalue weighted by molar-refractivity contribution is 6.30. The monoisotopic (exact) mass is 238 g/mol. The molecule has 0 saturated heterocycles. The van der Waals surface area contributed by atoms with Crippen LogP contribution in [0.4, 0.5) is 5.82 Å². The zero-order valence-electron chi connectivity index (χ0n) is 7.96. The van der Waals surface area contributed by atoms with Crippen molar-refractivity contribution in [2.24, 2.45) is 0 Å². The molecule has 0 aliphatic carbocycles. The molecule has 0 bridgehead atoms. The van der Waals surface area contributed by atoms with Gasteiger partial charge in [0.2, 0.25) is 0 Å². The number of nitrogens with zero attached hydrogens (tertiary/aromatic N) is 3. The van der Waals surface area contributed by atoms with E-state index in [-0.39, 0.29) is 11.4 Å². The van der Waals surface area contributed by atoms with E-state index >= 15 is 0 Å². The molecule has 0 aromatic carbocycles. The third-order valence-corrected chi connectivity index (χ3v) is 2.19. The second kappa shape index (κ2) is 3.82. The minimum atomic E-state index is -1.13. The minimum absolute atomic E-state index is 0.0299. The van der Waals surface area contributed by atoms with Gasteiger partial charge in [0, 0.05) is 6.20 Å². The highest BCUT2D eigenvalue weighted by Crippen LogP contribution is 2.16. The van der Waals surface area contributed by atoms with Crippen molar-refractivity contribution in [1.82, 2.24) is 14.8 Å². The number of pyridine rings is 1. The van der Waals surface area contributed by atoms with Crippen molar-refractivity contribution in [3.05, 3.63) is 35.1 Å². The predicted octanol–water partition coefficient (Wildman–Crippen LogP) is 1.20. The molecule has 0 fully saturated rings. The van der Waals surface area contributed by atoms with Gasteiger partial charge in [-0.2, -0.15) is 9.78 Å². The minimum Gasteiger partial charge on any atom is -0.477 e. The number of halogens is 1. The van der Waals surface area contributed by atoms with Gasteiger partial charge in [-0.25, -0.2) is 9.78 Å². The van der Waals surface area contributed by atoms with Gasteiger partial charge < -0.3 is 10.8 Å². The first-order valence-electron chi connectivity index (χ1n) is 4.28. The van der Waals surface area contributed by atoms with Crippen LogP contribution < -0.4 is 5.73 Å². The number of carboxylic acids is 1. The van der Waals surface area contributed by atoms with Gasteiger partial charge in [-0.15, -0.1) is 0 Å². The van der Waals surface area contributed by atoms with Gasteiger partial charge in [0.05, 0.1) is 11.2 Å². The summed E-state index contributed by atoms with van der Waals surface area (Å²) in [7, 11) is 0. The van der Waals surface area contributed by atoms with Crippen molar-refractivity contribution in [1.29, 1.82) is 0 Å². The van der Waals surface area contributed by atoms with Crippen molar-refractivity contribution < 1.29 is 9.90 Å². The lowest BCUT2D eigenvalue weighted by Crippen LogP contribution is -2.06. The number of aromatic carboxylic acids is 1. The Bertz CT molecular complexity index is 535. The highest BCUT2D eigenvalue weighted by atomic mass is 35.5. The third-order valence-electron chi connectivity index (χ3n) is 1.97. The van der Waals surface area contributed by atoms with Crippen LogP contribution in [0.15, 0.2) is 24.5 Å². The number of aromatic nitrogens is 3. The molecule has 2 rings (SSSR count). The van der Waals surface area contributed by atoms with E-state index in [4.69, 9.17) is 22.4 Å². The summed E-state index contributed by atoms with van der Waals surface area (Å²) >= 11 is 5.68. The van der Waals surface area contributed by atoms with Gasteiger partial charge >= 0.3 is 5.97 Å². The Morgan fingerprint density at radius 2 is 2.19 bits per heavy atom. The molecular weight excluding hydrogens is 232 g/mol. The summed E-state index contributed by atoms with van der Waals surface area (Å²) in [5, 5.41) is 13.1. The van der Waals surface area contributed by atoms with E-state index < -0.39 is 5.97 Å². The maximum Gasteiger partial charge on any atom is 0.341 e. The second-order valence-corrected chi connectivity index (χ2v) is 3.43. The van der Waals surface area contributed by atoms with Gasteiger partial charge in [0.15, 0.2) is 5.82 Å². The Morgan fingerprint density at radius 1 is 1.44 bits per heavy atom. The van der Waals surface area contributed by atoms with E-state index in [1.165, 1.54) is 17.1 Å². The van der Waals surface area contributed by atoms with Crippen LogP contribution in [0, 0.1) is 0 Å². The molecule has 0 radical (unpaired) electrons. The van der Waals surface area contributed by atoms with Crippen LogP contribution in [0.25, 0.3) is 5.82 Å². The Morgan fingerprint density at radius 3 is 2.69 bits per heavy atom. The molecule has 2 heterocycles. The van der Waals surface area contributed by atoms with Gasteiger partial charge in [0.25, 0.3) is 0 Å². The topological polar surface area (TPSA) is 94.0 Å². The Kier molecular flexibility index (Phi) is 2.49. The molecule has 0 atom stereocenters. The van der Waals surface area contributed by atoms with Crippen LogP contribution in [0.3, 0.4) is 0 Å². The average Bonchev–Trinajstić information content (AvgIpc) is 2.61. The lowest BCUT2D eigenvalue weighted by atomic mass is 10.3. The van der Waals surface area contributed by atoms with Gasteiger partial charge in [-0.3, -0.25) is 0 Å². The first kappa shape index (κ1) is 10.4. The second-order valence-electron chi connectivity index (χ2n) is 3.00. The highest BCUT2D eigenvalue weighted by Gasteiger charge is 2.15. The average molecular weight is 239 g/mol. The molecule has 2 aromatic heterocycles. The number of hydrogen-bond acceptors (Lipinski definition) is 4. The molecule has 3 N–H and O–H groups in total. The summed E-state index contributed by atoms with van der Waals surface area (Å²) in [6, 6.07) is 3.21. The van der Waals surface area contributed by atoms with Gasteiger partial charge in [-0.1, -0.05) is 11.6 Å². The first-order chi connectivity index (χ1) is 7.59. The zero-order chi connectivity index (χ0) is 11.7. The number of nitrogen functional groups attached to an aromatic ring is 1. The summed E-state index contributed by atoms with van der Waals surface area (Å²) < 4.78 is 1.24. The number of carboxylic acid groups (broad SMARTS) is 1. The molecule has 82 valence electrons. The number of carbonyl (C=O) groups is 1. The molecule has 0 aliphatic heterocycles. The maximum absolute atomic E-state index is 10.7. The van der Waals surface area contributed by atoms with E-state index in [0.29, 0.717) is 10.8 Å². The summed E-state index contributed by atoms with van der Waals surface area (Å²) in [6.07, 6.45) is 2.60. The van der Waals surface area contributed by atoms with E-state index in [2.05, 4.69) is 10.1 Å². The smallest absolute Gasteiger partial charge is 0.341 e. The number of hydrogen-bond donors (Lipinski definition) is 2. The van der Waals surface area contributed by atoms with Crippen LogP contribution in [0.1, 0.15) is 10.4 Å². The number of nitrogens with two attached hydrogens (primary N) is 1. The summed E-state index contributed by atoms with van der Waals surface area (Å²) in [5.41, 5.74) is 5.56.